The number of amides is 1. The number of halogens is 1. The maximum absolute atomic E-state index is 13.1. The first-order chi connectivity index (χ1) is 12.7. The van der Waals surface area contributed by atoms with Crippen molar-refractivity contribution in [2.24, 2.45) is 0 Å². The molecule has 1 aromatic heterocycles. The predicted molar refractivity (Wildman–Crippen MR) is 97.2 cm³/mol. The normalized spacial score (nSPS) is 10.5. The highest BCUT2D eigenvalue weighted by Crippen LogP contribution is 2.19. The van der Waals surface area contributed by atoms with Crippen LogP contribution in [0, 0.1) is 5.82 Å². The van der Waals surface area contributed by atoms with Crippen LogP contribution in [0.4, 0.5) is 4.39 Å². The first-order valence-electron chi connectivity index (χ1n) is 8.39. The summed E-state index contributed by atoms with van der Waals surface area (Å²) in [6, 6.07) is 16.0. The lowest BCUT2D eigenvalue weighted by atomic mass is 10.1. The van der Waals surface area contributed by atoms with E-state index in [1.807, 2.05) is 18.2 Å². The molecule has 134 valence electrons. The number of hydrogen-bond donors (Lipinski definition) is 1. The molecule has 0 aliphatic carbocycles. The van der Waals surface area contributed by atoms with Crippen LogP contribution in [0.5, 0.6) is 5.75 Å². The average molecular weight is 353 g/mol. The number of benzene rings is 2. The van der Waals surface area contributed by atoms with Crippen molar-refractivity contribution in [3.05, 3.63) is 77.9 Å². The molecule has 26 heavy (non-hydrogen) atoms. The van der Waals surface area contributed by atoms with Gasteiger partial charge in [-0.25, -0.2) is 9.07 Å². The van der Waals surface area contributed by atoms with Crippen LogP contribution in [0.3, 0.4) is 0 Å². The lowest BCUT2D eigenvalue weighted by Crippen LogP contribution is -2.25. The molecule has 1 amide bonds. The van der Waals surface area contributed by atoms with Gasteiger partial charge in [0.05, 0.1) is 19.0 Å². The number of nitrogens with zero attached hydrogens (tertiary/aromatic N) is 2. The highest BCUT2D eigenvalue weighted by Gasteiger charge is 2.18. The van der Waals surface area contributed by atoms with Crippen molar-refractivity contribution in [1.82, 2.24) is 15.1 Å². The lowest BCUT2D eigenvalue weighted by Gasteiger charge is -2.05. The van der Waals surface area contributed by atoms with Crippen molar-refractivity contribution in [2.75, 3.05) is 13.7 Å². The Hall–Kier alpha value is -3.15. The second-order valence-electron chi connectivity index (χ2n) is 5.81. The van der Waals surface area contributed by atoms with E-state index in [2.05, 4.69) is 22.5 Å². The summed E-state index contributed by atoms with van der Waals surface area (Å²) >= 11 is 0. The molecular weight excluding hydrogens is 333 g/mol. The summed E-state index contributed by atoms with van der Waals surface area (Å²) in [6.45, 7) is 0.542. The van der Waals surface area contributed by atoms with Crippen molar-refractivity contribution in [3.8, 4) is 11.4 Å². The van der Waals surface area contributed by atoms with Crippen LogP contribution in [-0.2, 0) is 6.42 Å². The van der Waals surface area contributed by atoms with Gasteiger partial charge in [0.25, 0.3) is 5.91 Å². The molecule has 1 N–H and O–H groups in total. The molecule has 3 rings (SSSR count). The fourth-order valence-electron chi connectivity index (χ4n) is 2.61. The molecule has 3 aromatic rings. The molecule has 2 aromatic carbocycles. The van der Waals surface area contributed by atoms with Gasteiger partial charge in [-0.15, -0.1) is 0 Å². The van der Waals surface area contributed by atoms with E-state index in [0.29, 0.717) is 18.0 Å². The SMILES string of the molecule is COc1cn(-c2ccc(F)cc2)nc1C(=O)NCCCc1ccccc1. The minimum atomic E-state index is -0.329. The fourth-order valence-corrected chi connectivity index (χ4v) is 2.61. The topological polar surface area (TPSA) is 56.2 Å². The highest BCUT2D eigenvalue weighted by atomic mass is 19.1. The van der Waals surface area contributed by atoms with Crippen LogP contribution in [0.25, 0.3) is 5.69 Å². The Morgan fingerprint density at radius 3 is 2.58 bits per heavy atom. The summed E-state index contributed by atoms with van der Waals surface area (Å²) in [6.07, 6.45) is 3.32. The Balaban J connectivity index is 1.62. The van der Waals surface area contributed by atoms with Gasteiger partial charge in [0.2, 0.25) is 0 Å². The number of nitrogens with one attached hydrogen (secondary N) is 1. The van der Waals surface area contributed by atoms with E-state index in [1.54, 1.807) is 18.3 Å². The van der Waals surface area contributed by atoms with E-state index < -0.39 is 0 Å². The highest BCUT2D eigenvalue weighted by molar-refractivity contribution is 5.94. The molecule has 0 unspecified atom stereocenters. The van der Waals surface area contributed by atoms with Crippen LogP contribution in [0.2, 0.25) is 0 Å². The van der Waals surface area contributed by atoms with Gasteiger partial charge >= 0.3 is 0 Å². The molecule has 5 nitrogen and oxygen atoms in total. The van der Waals surface area contributed by atoms with Crippen molar-refractivity contribution in [3.63, 3.8) is 0 Å². The summed E-state index contributed by atoms with van der Waals surface area (Å²) in [5, 5.41) is 7.14. The second kappa shape index (κ2) is 8.29. The van der Waals surface area contributed by atoms with E-state index >= 15 is 0 Å². The minimum absolute atomic E-state index is 0.205. The molecule has 6 heteroatoms. The van der Waals surface area contributed by atoms with Gasteiger partial charge in [-0.2, -0.15) is 5.10 Å². The lowest BCUT2D eigenvalue weighted by molar-refractivity contribution is 0.0945. The predicted octanol–water partition coefficient (Wildman–Crippen LogP) is 3.38. The smallest absolute Gasteiger partial charge is 0.275 e. The number of methoxy groups -OCH3 is 1. The molecule has 1 heterocycles. The van der Waals surface area contributed by atoms with Crippen molar-refractivity contribution in [2.45, 2.75) is 12.8 Å². The molecule has 0 aliphatic rings. The molecule has 0 fully saturated rings. The number of rotatable bonds is 7. The van der Waals surface area contributed by atoms with E-state index in [9.17, 15) is 9.18 Å². The van der Waals surface area contributed by atoms with Crippen molar-refractivity contribution >= 4 is 5.91 Å². The molecule has 0 spiro atoms. The molecule has 0 bridgehead atoms. The monoisotopic (exact) mass is 353 g/mol. The van der Waals surface area contributed by atoms with E-state index in [-0.39, 0.29) is 17.4 Å². The van der Waals surface area contributed by atoms with Gasteiger partial charge < -0.3 is 10.1 Å². The summed E-state index contributed by atoms with van der Waals surface area (Å²) in [7, 11) is 1.48. The van der Waals surface area contributed by atoms with Gasteiger partial charge in [-0.3, -0.25) is 4.79 Å². The summed E-state index contributed by atoms with van der Waals surface area (Å²) in [4.78, 5) is 12.4. The van der Waals surface area contributed by atoms with Gasteiger partial charge in [-0.1, -0.05) is 30.3 Å². The first kappa shape index (κ1) is 17.7. The Kier molecular flexibility index (Phi) is 5.63. The summed E-state index contributed by atoms with van der Waals surface area (Å²) in [5.41, 5.74) is 2.09. The van der Waals surface area contributed by atoms with E-state index in [4.69, 9.17) is 4.74 Å². The Morgan fingerprint density at radius 2 is 1.88 bits per heavy atom. The maximum Gasteiger partial charge on any atom is 0.275 e. The quantitative estimate of drug-likeness (QED) is 0.663. The van der Waals surface area contributed by atoms with Crippen LogP contribution >= 0.6 is 0 Å². The Bertz CT molecular complexity index is 861. The largest absolute Gasteiger partial charge is 0.493 e. The first-order valence-corrected chi connectivity index (χ1v) is 8.39. The van der Waals surface area contributed by atoms with E-state index in [1.165, 1.54) is 29.5 Å². The van der Waals surface area contributed by atoms with Crippen LogP contribution < -0.4 is 10.1 Å². The Labute approximate surface area is 151 Å². The average Bonchev–Trinajstić information content (AvgIpc) is 3.11. The molecular formula is C20H20FN3O2. The second-order valence-corrected chi connectivity index (χ2v) is 5.81. The molecule has 0 saturated carbocycles. The van der Waals surface area contributed by atoms with Crippen LogP contribution in [0.15, 0.2) is 60.8 Å². The number of hydrogen-bond acceptors (Lipinski definition) is 3. The molecule has 0 atom stereocenters. The summed E-state index contributed by atoms with van der Waals surface area (Å²) < 4.78 is 19.8. The Morgan fingerprint density at radius 1 is 1.15 bits per heavy atom. The van der Waals surface area contributed by atoms with Gasteiger partial charge in [0.1, 0.15) is 5.82 Å². The number of ether oxygens (including phenoxy) is 1. The minimum Gasteiger partial charge on any atom is -0.493 e. The van der Waals surface area contributed by atoms with E-state index in [0.717, 1.165) is 12.8 Å². The zero-order valence-corrected chi connectivity index (χ0v) is 14.5. The third kappa shape index (κ3) is 4.27. The number of carbonyl (C=O) groups excluding carboxylic acids is 1. The van der Waals surface area contributed by atoms with Crippen LogP contribution in [0.1, 0.15) is 22.5 Å². The third-order valence-corrected chi connectivity index (χ3v) is 3.98. The third-order valence-electron chi connectivity index (χ3n) is 3.98. The maximum atomic E-state index is 13.1. The number of aryl methyl sites for hydroxylation is 1. The standard InChI is InChI=1S/C20H20FN3O2/c1-26-18-14-24(17-11-9-16(21)10-12-17)23-19(18)20(25)22-13-5-8-15-6-3-2-4-7-15/h2-4,6-7,9-12,14H,5,8,13H2,1H3,(H,22,25). The van der Waals surface area contributed by atoms with Crippen molar-refractivity contribution < 1.29 is 13.9 Å². The molecule has 0 saturated heterocycles. The van der Waals surface area contributed by atoms with Gasteiger partial charge in [0, 0.05) is 6.54 Å². The number of aromatic nitrogens is 2. The zero-order chi connectivity index (χ0) is 18.4. The number of carbonyl (C=O) groups is 1. The van der Waals surface area contributed by atoms with Gasteiger partial charge in [-0.05, 0) is 42.7 Å². The fraction of sp³-hybridized carbons (Fsp3) is 0.200. The zero-order valence-electron chi connectivity index (χ0n) is 14.5. The van der Waals surface area contributed by atoms with Gasteiger partial charge in [0.15, 0.2) is 11.4 Å². The van der Waals surface area contributed by atoms with Crippen molar-refractivity contribution in [1.29, 1.82) is 0 Å². The van der Waals surface area contributed by atoms with Crippen LogP contribution in [-0.4, -0.2) is 29.3 Å². The molecule has 0 aliphatic heterocycles. The summed E-state index contributed by atoms with van der Waals surface area (Å²) in [5.74, 6) is -0.255. The molecule has 0 radical (unpaired) electrons.